The van der Waals surface area contributed by atoms with Crippen molar-refractivity contribution in [1.82, 2.24) is 0 Å². The molecule has 1 unspecified atom stereocenters. The lowest BCUT2D eigenvalue weighted by atomic mass is 9.94. The summed E-state index contributed by atoms with van der Waals surface area (Å²) in [5, 5.41) is 0. The summed E-state index contributed by atoms with van der Waals surface area (Å²) >= 11 is 7.37. The molecule has 28 heavy (non-hydrogen) atoms. The number of rotatable bonds is 7. The van der Waals surface area contributed by atoms with Crippen LogP contribution in [0.3, 0.4) is 0 Å². The number of benzene rings is 2. The molecular weight excluding hydrogens is 484 g/mol. The summed E-state index contributed by atoms with van der Waals surface area (Å²) in [6.45, 7) is 8.53. The molecule has 1 saturated heterocycles. The first kappa shape index (κ1) is 21.8. The van der Waals surface area contributed by atoms with Gasteiger partial charge in [0.1, 0.15) is 5.75 Å². The lowest BCUT2D eigenvalue weighted by Crippen LogP contribution is -2.23. The van der Waals surface area contributed by atoms with Gasteiger partial charge in [0.2, 0.25) is 0 Å². The third-order valence-corrected chi connectivity index (χ3v) is 6.12. The van der Waals surface area contributed by atoms with Crippen molar-refractivity contribution < 1.29 is 14.2 Å². The molecule has 0 saturated carbocycles. The predicted octanol–water partition coefficient (Wildman–Crippen LogP) is 7.12. The van der Waals surface area contributed by atoms with Crippen LogP contribution in [0.5, 0.6) is 5.75 Å². The number of ether oxygens (including phenoxy) is 3. The largest absolute Gasteiger partial charge is 0.491 e. The van der Waals surface area contributed by atoms with Crippen molar-refractivity contribution in [3.8, 4) is 16.9 Å². The van der Waals surface area contributed by atoms with E-state index in [9.17, 15) is 0 Å². The predicted molar refractivity (Wildman–Crippen MR) is 121 cm³/mol. The highest BCUT2D eigenvalue weighted by Gasteiger charge is 2.15. The Bertz CT molecular complexity index is 767. The molecule has 0 aliphatic carbocycles. The van der Waals surface area contributed by atoms with Crippen molar-refractivity contribution in [3.63, 3.8) is 0 Å². The van der Waals surface area contributed by atoms with Gasteiger partial charge >= 0.3 is 0 Å². The topological polar surface area (TPSA) is 27.7 Å². The molecule has 5 heteroatoms. The van der Waals surface area contributed by atoms with E-state index in [1.54, 1.807) is 0 Å². The van der Waals surface area contributed by atoms with Gasteiger partial charge in [0.15, 0.2) is 6.29 Å². The number of aryl methyl sites for hydroxylation is 3. The molecule has 0 aromatic heterocycles. The highest BCUT2D eigenvalue weighted by atomic mass is 79.9. The Balaban J connectivity index is 1.61. The molecule has 0 radical (unpaired) electrons. The molecule has 3 nitrogen and oxygen atoms in total. The van der Waals surface area contributed by atoms with Crippen LogP contribution >= 0.6 is 31.9 Å². The van der Waals surface area contributed by atoms with Crippen LogP contribution in [0, 0.1) is 20.8 Å². The van der Waals surface area contributed by atoms with E-state index in [-0.39, 0.29) is 6.29 Å². The van der Waals surface area contributed by atoms with Crippen LogP contribution in [-0.2, 0) is 9.47 Å². The Morgan fingerprint density at radius 2 is 1.64 bits per heavy atom. The zero-order valence-electron chi connectivity index (χ0n) is 16.8. The second kappa shape index (κ2) is 10.2. The van der Waals surface area contributed by atoms with Gasteiger partial charge in [0, 0.05) is 13.0 Å². The molecule has 0 bridgehead atoms. The van der Waals surface area contributed by atoms with Crippen molar-refractivity contribution in [2.45, 2.75) is 52.7 Å². The third-order valence-electron chi connectivity index (χ3n) is 4.94. The summed E-state index contributed by atoms with van der Waals surface area (Å²) in [5.74, 6) is 0.833. The molecule has 0 spiro atoms. The Morgan fingerprint density at radius 3 is 2.25 bits per heavy atom. The number of hydrogen-bond acceptors (Lipinski definition) is 3. The number of hydrogen-bond donors (Lipinski definition) is 0. The van der Waals surface area contributed by atoms with Crippen molar-refractivity contribution in [3.05, 3.63) is 49.9 Å². The van der Waals surface area contributed by atoms with E-state index in [4.69, 9.17) is 14.2 Å². The van der Waals surface area contributed by atoms with Crippen LogP contribution in [0.2, 0.25) is 0 Å². The maximum Gasteiger partial charge on any atom is 0.157 e. The normalized spacial score (nSPS) is 17.0. The average molecular weight is 512 g/mol. The Labute approximate surface area is 185 Å². The average Bonchev–Trinajstić information content (AvgIpc) is 2.63. The SMILES string of the molecule is Cc1cc(C)c(-c2cc(Br)c(OCCCOC3CCCCO3)c(Br)c2)c(C)c1. The van der Waals surface area contributed by atoms with Crippen LogP contribution in [0.1, 0.15) is 42.4 Å². The van der Waals surface area contributed by atoms with Gasteiger partial charge in [-0.05, 0) is 106 Å². The quantitative estimate of drug-likeness (QED) is 0.370. The van der Waals surface area contributed by atoms with Crippen LogP contribution in [0.4, 0.5) is 0 Å². The van der Waals surface area contributed by atoms with E-state index in [1.165, 1.54) is 34.2 Å². The van der Waals surface area contributed by atoms with Gasteiger partial charge in [-0.15, -0.1) is 0 Å². The Morgan fingerprint density at radius 1 is 0.964 bits per heavy atom. The lowest BCUT2D eigenvalue weighted by molar-refractivity contribution is -0.163. The maximum absolute atomic E-state index is 6.01. The van der Waals surface area contributed by atoms with E-state index < -0.39 is 0 Å². The highest BCUT2D eigenvalue weighted by molar-refractivity contribution is 9.11. The van der Waals surface area contributed by atoms with Gasteiger partial charge in [-0.2, -0.15) is 0 Å². The van der Waals surface area contributed by atoms with Crippen LogP contribution < -0.4 is 4.74 Å². The van der Waals surface area contributed by atoms with E-state index >= 15 is 0 Å². The summed E-state index contributed by atoms with van der Waals surface area (Å²) in [6.07, 6.45) is 4.12. The Kier molecular flexibility index (Phi) is 7.98. The zero-order chi connectivity index (χ0) is 20.1. The molecule has 0 amide bonds. The van der Waals surface area contributed by atoms with Gasteiger partial charge in [-0.1, -0.05) is 17.7 Å². The van der Waals surface area contributed by atoms with E-state index in [2.05, 4.69) is 76.9 Å². The van der Waals surface area contributed by atoms with Crippen molar-refractivity contribution in [1.29, 1.82) is 0 Å². The zero-order valence-corrected chi connectivity index (χ0v) is 20.0. The van der Waals surface area contributed by atoms with Crippen molar-refractivity contribution in [2.24, 2.45) is 0 Å². The monoisotopic (exact) mass is 510 g/mol. The first-order valence-corrected chi connectivity index (χ1v) is 11.5. The molecule has 152 valence electrons. The standard InChI is InChI=1S/C23H28Br2O3/c1-15-11-16(2)22(17(3)12-15)18-13-19(24)23(20(25)14-18)28-10-6-9-27-21-7-4-5-8-26-21/h11-14,21H,4-10H2,1-3H3. The van der Waals surface area contributed by atoms with Gasteiger partial charge in [-0.3, -0.25) is 0 Å². The highest BCUT2D eigenvalue weighted by Crippen LogP contribution is 2.40. The first-order valence-electron chi connectivity index (χ1n) is 9.89. The minimum atomic E-state index is -0.0347. The summed E-state index contributed by atoms with van der Waals surface area (Å²) in [6, 6.07) is 8.73. The van der Waals surface area contributed by atoms with Gasteiger partial charge in [0.25, 0.3) is 0 Å². The molecule has 1 atom stereocenters. The smallest absolute Gasteiger partial charge is 0.157 e. The fraction of sp³-hybridized carbons (Fsp3) is 0.478. The Hall–Kier alpha value is -0.880. The fourth-order valence-electron chi connectivity index (χ4n) is 3.77. The first-order chi connectivity index (χ1) is 13.5. The summed E-state index contributed by atoms with van der Waals surface area (Å²) in [7, 11) is 0. The second-order valence-electron chi connectivity index (χ2n) is 7.41. The molecule has 1 fully saturated rings. The molecule has 1 aliphatic rings. The second-order valence-corrected chi connectivity index (χ2v) is 9.12. The molecule has 1 heterocycles. The molecule has 0 N–H and O–H groups in total. The summed E-state index contributed by atoms with van der Waals surface area (Å²) < 4.78 is 19.3. The van der Waals surface area contributed by atoms with E-state index in [0.29, 0.717) is 13.2 Å². The summed E-state index contributed by atoms with van der Waals surface area (Å²) in [5.41, 5.74) is 6.31. The number of halogens is 2. The molecule has 3 rings (SSSR count). The third kappa shape index (κ3) is 5.59. The van der Waals surface area contributed by atoms with Crippen LogP contribution in [0.25, 0.3) is 11.1 Å². The van der Waals surface area contributed by atoms with Gasteiger partial charge < -0.3 is 14.2 Å². The maximum atomic E-state index is 6.01. The van der Waals surface area contributed by atoms with Crippen LogP contribution in [0.15, 0.2) is 33.2 Å². The minimum absolute atomic E-state index is 0.0347. The van der Waals surface area contributed by atoms with Gasteiger partial charge in [0.05, 0.1) is 22.2 Å². The summed E-state index contributed by atoms with van der Waals surface area (Å²) in [4.78, 5) is 0. The van der Waals surface area contributed by atoms with Gasteiger partial charge in [-0.25, -0.2) is 0 Å². The fourth-order valence-corrected chi connectivity index (χ4v) is 5.18. The lowest BCUT2D eigenvalue weighted by Gasteiger charge is -2.22. The molecule has 1 aliphatic heterocycles. The molecule has 2 aromatic carbocycles. The van der Waals surface area contributed by atoms with Crippen molar-refractivity contribution >= 4 is 31.9 Å². The van der Waals surface area contributed by atoms with Crippen LogP contribution in [-0.4, -0.2) is 26.1 Å². The van der Waals surface area contributed by atoms with E-state index in [0.717, 1.165) is 40.6 Å². The van der Waals surface area contributed by atoms with E-state index in [1.807, 2.05) is 0 Å². The minimum Gasteiger partial charge on any atom is -0.491 e. The van der Waals surface area contributed by atoms with Crippen molar-refractivity contribution in [2.75, 3.05) is 19.8 Å². The molecule has 2 aromatic rings. The molecular formula is C23H28Br2O3.